The van der Waals surface area contributed by atoms with Crippen molar-refractivity contribution < 1.29 is 13.2 Å². The monoisotopic (exact) mass is 354 g/mol. The third-order valence-corrected chi connectivity index (χ3v) is 4.69. The second kappa shape index (κ2) is 7.43. The summed E-state index contributed by atoms with van der Waals surface area (Å²) in [6.45, 7) is 6.92. The van der Waals surface area contributed by atoms with Crippen molar-refractivity contribution in [3.05, 3.63) is 29.8 Å². The number of nitrogens with zero attached hydrogens (tertiary/aromatic N) is 1. The molecule has 0 aliphatic carbocycles. The highest BCUT2D eigenvalue weighted by molar-refractivity contribution is 8.00. The van der Waals surface area contributed by atoms with Gasteiger partial charge >= 0.3 is 5.51 Å². The topological polar surface area (TPSA) is 29.3 Å². The minimum absolute atomic E-state index is 0. The summed E-state index contributed by atoms with van der Waals surface area (Å²) in [4.78, 5) is 2.54. The molecule has 1 unspecified atom stereocenters. The molecule has 1 saturated heterocycles. The van der Waals surface area contributed by atoms with E-state index in [4.69, 9.17) is 5.73 Å². The summed E-state index contributed by atoms with van der Waals surface area (Å²) in [5.74, 6) is 0. The van der Waals surface area contributed by atoms with Crippen LogP contribution in [0, 0.1) is 5.41 Å². The van der Waals surface area contributed by atoms with Crippen molar-refractivity contribution in [2.45, 2.75) is 43.3 Å². The van der Waals surface area contributed by atoms with Crippen LogP contribution < -0.4 is 5.73 Å². The molecule has 0 spiro atoms. The molecule has 0 saturated carbocycles. The number of benzene rings is 1. The summed E-state index contributed by atoms with van der Waals surface area (Å²) in [5, 5.41) is 0. The number of nitrogens with two attached hydrogens (primary N) is 1. The number of thioether (sulfide) groups is 1. The molecule has 0 amide bonds. The first-order chi connectivity index (χ1) is 9.66. The minimum atomic E-state index is -4.23. The zero-order chi connectivity index (χ0) is 15.7. The lowest BCUT2D eigenvalue weighted by atomic mass is 9.79. The van der Waals surface area contributed by atoms with Crippen LogP contribution in [0.25, 0.3) is 0 Å². The molecule has 1 aromatic carbocycles. The molecule has 22 heavy (non-hydrogen) atoms. The highest BCUT2D eigenvalue weighted by atomic mass is 35.5. The molecule has 1 fully saturated rings. The Hall–Kier alpha value is -0.430. The van der Waals surface area contributed by atoms with E-state index in [1.54, 1.807) is 12.1 Å². The van der Waals surface area contributed by atoms with Crippen LogP contribution in [0.2, 0.25) is 0 Å². The van der Waals surface area contributed by atoms with Gasteiger partial charge < -0.3 is 5.73 Å². The van der Waals surface area contributed by atoms with Gasteiger partial charge in [-0.1, -0.05) is 26.0 Å². The summed E-state index contributed by atoms with van der Waals surface area (Å²) in [5.41, 5.74) is 2.99. The fraction of sp³-hybridized carbons (Fsp3) is 0.600. The zero-order valence-corrected chi connectivity index (χ0v) is 14.3. The lowest BCUT2D eigenvalue weighted by Crippen LogP contribution is -2.52. The summed E-state index contributed by atoms with van der Waals surface area (Å²) < 4.78 is 36.8. The molecule has 1 aliphatic rings. The number of rotatable bonds is 3. The minimum Gasteiger partial charge on any atom is -0.327 e. The summed E-state index contributed by atoms with van der Waals surface area (Å²) in [7, 11) is 0. The molecule has 0 aromatic heterocycles. The van der Waals surface area contributed by atoms with Gasteiger partial charge in [0.2, 0.25) is 0 Å². The normalized spacial score (nSPS) is 22.2. The molecular formula is C15H22ClF3N2S. The van der Waals surface area contributed by atoms with Crippen molar-refractivity contribution in [2.75, 3.05) is 13.1 Å². The Labute approximate surface area is 140 Å². The van der Waals surface area contributed by atoms with E-state index in [0.717, 1.165) is 31.6 Å². The van der Waals surface area contributed by atoms with Crippen LogP contribution in [0.1, 0.15) is 25.8 Å². The number of alkyl halides is 3. The van der Waals surface area contributed by atoms with E-state index in [-0.39, 0.29) is 40.5 Å². The van der Waals surface area contributed by atoms with Crippen LogP contribution in [-0.2, 0) is 6.54 Å². The van der Waals surface area contributed by atoms with Crippen LogP contribution >= 0.6 is 24.2 Å². The molecule has 0 radical (unpaired) electrons. The van der Waals surface area contributed by atoms with E-state index in [1.807, 2.05) is 0 Å². The second-order valence-corrected chi connectivity index (χ2v) is 7.42. The van der Waals surface area contributed by atoms with E-state index < -0.39 is 5.51 Å². The van der Waals surface area contributed by atoms with Gasteiger partial charge in [0, 0.05) is 30.6 Å². The average molecular weight is 355 g/mol. The van der Waals surface area contributed by atoms with Gasteiger partial charge in [0.15, 0.2) is 0 Å². The molecule has 2 rings (SSSR count). The van der Waals surface area contributed by atoms with E-state index in [0.29, 0.717) is 0 Å². The molecule has 126 valence electrons. The van der Waals surface area contributed by atoms with E-state index in [2.05, 4.69) is 18.7 Å². The molecule has 1 aliphatic heterocycles. The fourth-order valence-electron chi connectivity index (χ4n) is 2.67. The third kappa shape index (κ3) is 5.65. The van der Waals surface area contributed by atoms with Crippen LogP contribution in [0.15, 0.2) is 29.2 Å². The molecule has 2 nitrogen and oxygen atoms in total. The van der Waals surface area contributed by atoms with Crippen molar-refractivity contribution in [1.29, 1.82) is 0 Å². The Bertz CT molecular complexity index is 477. The molecule has 1 heterocycles. The third-order valence-electron chi connectivity index (χ3n) is 3.95. The number of hydrogen-bond donors (Lipinski definition) is 1. The number of piperidine rings is 1. The maximum Gasteiger partial charge on any atom is 0.446 e. The molecule has 0 bridgehead atoms. The van der Waals surface area contributed by atoms with Gasteiger partial charge in [0.05, 0.1) is 0 Å². The first kappa shape index (κ1) is 19.6. The maximum atomic E-state index is 12.3. The van der Waals surface area contributed by atoms with Crippen LogP contribution in [0.3, 0.4) is 0 Å². The van der Waals surface area contributed by atoms with Crippen LogP contribution in [0.4, 0.5) is 13.2 Å². The molecule has 1 atom stereocenters. The lowest BCUT2D eigenvalue weighted by molar-refractivity contribution is -0.0328. The first-order valence-electron chi connectivity index (χ1n) is 6.98. The maximum absolute atomic E-state index is 12.3. The predicted octanol–water partition coefficient (Wildman–Crippen LogP) is 4.28. The Kier molecular flexibility index (Phi) is 6.62. The van der Waals surface area contributed by atoms with Crippen molar-refractivity contribution >= 4 is 24.2 Å². The van der Waals surface area contributed by atoms with Crippen molar-refractivity contribution in [1.82, 2.24) is 4.90 Å². The van der Waals surface area contributed by atoms with Gasteiger partial charge in [-0.25, -0.2) is 0 Å². The highest BCUT2D eigenvalue weighted by Gasteiger charge is 2.33. The fourth-order valence-corrected chi connectivity index (χ4v) is 3.21. The quantitative estimate of drug-likeness (QED) is 0.821. The standard InChI is InChI=1S/C15H21F3N2S.ClH/c1-14(2)10-20(8-7-13(14)19)9-11-3-5-12(6-4-11)21-15(16,17)18;/h3-6,13H,7-10,19H2,1-2H3;1H. The van der Waals surface area contributed by atoms with Gasteiger partial charge in [-0.05, 0) is 41.3 Å². The molecule has 7 heteroatoms. The zero-order valence-electron chi connectivity index (χ0n) is 12.7. The van der Waals surface area contributed by atoms with E-state index in [1.165, 1.54) is 12.1 Å². The Morgan fingerprint density at radius 2 is 1.86 bits per heavy atom. The Balaban J connectivity index is 0.00000242. The molecule has 2 N–H and O–H groups in total. The first-order valence-corrected chi connectivity index (χ1v) is 7.80. The summed E-state index contributed by atoms with van der Waals surface area (Å²) in [6.07, 6.45) is 0.953. The number of halogens is 4. The highest BCUT2D eigenvalue weighted by Crippen LogP contribution is 2.37. The SMILES string of the molecule is CC1(C)CN(Cc2ccc(SC(F)(F)F)cc2)CCC1N.Cl. The predicted molar refractivity (Wildman–Crippen MR) is 87.3 cm³/mol. The van der Waals surface area contributed by atoms with Crippen LogP contribution in [0.5, 0.6) is 0 Å². The molecule has 1 aromatic rings. The van der Waals surface area contributed by atoms with Gasteiger partial charge in [-0.3, -0.25) is 4.90 Å². The lowest BCUT2D eigenvalue weighted by Gasteiger charge is -2.42. The van der Waals surface area contributed by atoms with Gasteiger partial charge in [-0.15, -0.1) is 12.4 Å². The average Bonchev–Trinajstić information content (AvgIpc) is 2.34. The molecular weight excluding hydrogens is 333 g/mol. The number of hydrogen-bond acceptors (Lipinski definition) is 3. The van der Waals surface area contributed by atoms with Crippen LogP contribution in [-0.4, -0.2) is 29.5 Å². The largest absolute Gasteiger partial charge is 0.446 e. The smallest absolute Gasteiger partial charge is 0.327 e. The second-order valence-electron chi connectivity index (χ2n) is 6.29. The van der Waals surface area contributed by atoms with Gasteiger partial charge in [0.25, 0.3) is 0 Å². The van der Waals surface area contributed by atoms with E-state index in [9.17, 15) is 13.2 Å². The van der Waals surface area contributed by atoms with Crippen molar-refractivity contribution in [3.63, 3.8) is 0 Å². The van der Waals surface area contributed by atoms with Gasteiger partial charge in [0.1, 0.15) is 0 Å². The Morgan fingerprint density at radius 3 is 2.36 bits per heavy atom. The van der Waals surface area contributed by atoms with E-state index >= 15 is 0 Å². The number of likely N-dealkylation sites (tertiary alicyclic amines) is 1. The van der Waals surface area contributed by atoms with Gasteiger partial charge in [-0.2, -0.15) is 13.2 Å². The van der Waals surface area contributed by atoms with Crippen molar-refractivity contribution in [3.8, 4) is 0 Å². The Morgan fingerprint density at radius 1 is 1.27 bits per heavy atom. The summed E-state index contributed by atoms with van der Waals surface area (Å²) in [6, 6.07) is 6.83. The van der Waals surface area contributed by atoms with Crippen molar-refractivity contribution in [2.24, 2.45) is 11.1 Å². The summed E-state index contributed by atoms with van der Waals surface area (Å²) >= 11 is -0.0746.